The molecule has 0 rings (SSSR count). The fourth-order valence-electron chi connectivity index (χ4n) is 3.70. The number of carbonyl (C=O) groups excluding carboxylic acids is 1. The van der Waals surface area contributed by atoms with Crippen LogP contribution in [0.1, 0.15) is 64.2 Å². The third-order valence-corrected chi connectivity index (χ3v) is 5.52. The first-order chi connectivity index (χ1) is 14.8. The normalized spacial score (nSPS) is 15.6. The third kappa shape index (κ3) is 12.7. The van der Waals surface area contributed by atoms with E-state index in [1.807, 2.05) is 4.90 Å². The molecule has 0 bridgehead atoms. The average Bonchev–Trinajstić information content (AvgIpc) is 2.73. The summed E-state index contributed by atoms with van der Waals surface area (Å²) in [6.45, 7) is 2.67. The van der Waals surface area contributed by atoms with E-state index in [2.05, 4.69) is 0 Å². The average molecular weight is 447 g/mol. The Labute approximate surface area is 188 Å². The lowest BCUT2D eigenvalue weighted by molar-refractivity contribution is -0.137. The first-order valence-corrected chi connectivity index (χ1v) is 11.7. The van der Waals surface area contributed by atoms with Crippen molar-refractivity contribution >= 4 is 5.91 Å². The van der Waals surface area contributed by atoms with Crippen LogP contribution in [-0.2, 0) is 4.79 Å². The van der Waals surface area contributed by atoms with E-state index in [-0.39, 0.29) is 18.5 Å². The van der Waals surface area contributed by atoms with Gasteiger partial charge in [-0.25, -0.2) is 0 Å². The molecular formula is C20H50N10O. The molecule has 0 aliphatic rings. The zero-order valence-corrected chi connectivity index (χ0v) is 19.3. The van der Waals surface area contributed by atoms with E-state index in [4.69, 9.17) is 45.9 Å². The number of amides is 1. The van der Waals surface area contributed by atoms with Gasteiger partial charge in [0.15, 0.2) is 0 Å². The molecule has 4 atom stereocenters. The van der Waals surface area contributed by atoms with Gasteiger partial charge in [0.1, 0.15) is 0 Å². The van der Waals surface area contributed by atoms with E-state index in [9.17, 15) is 4.79 Å². The predicted molar refractivity (Wildman–Crippen MR) is 128 cm³/mol. The van der Waals surface area contributed by atoms with Crippen LogP contribution < -0.4 is 45.9 Å². The van der Waals surface area contributed by atoms with Crippen LogP contribution in [0.2, 0.25) is 0 Å². The zero-order valence-electron chi connectivity index (χ0n) is 19.3. The van der Waals surface area contributed by atoms with Crippen molar-refractivity contribution in [2.45, 2.75) is 88.9 Å². The van der Waals surface area contributed by atoms with E-state index < -0.39 is 18.5 Å². The van der Waals surface area contributed by atoms with Gasteiger partial charge in [-0.05, 0) is 64.6 Å². The minimum atomic E-state index is -0.445. The second-order valence-electron chi connectivity index (χ2n) is 8.14. The molecule has 0 aliphatic carbocycles. The fourth-order valence-corrected chi connectivity index (χ4v) is 3.70. The van der Waals surface area contributed by atoms with E-state index in [1.165, 1.54) is 0 Å². The van der Waals surface area contributed by atoms with Crippen LogP contribution in [0.5, 0.6) is 0 Å². The van der Waals surface area contributed by atoms with Crippen LogP contribution >= 0.6 is 0 Å². The highest BCUT2D eigenvalue weighted by atomic mass is 16.2. The van der Waals surface area contributed by atoms with E-state index in [0.717, 1.165) is 32.1 Å². The number of hydrogen-bond donors (Lipinski definition) is 8. The van der Waals surface area contributed by atoms with E-state index in [1.54, 1.807) is 4.90 Å². The van der Waals surface area contributed by atoms with Crippen molar-refractivity contribution in [1.82, 2.24) is 9.80 Å². The van der Waals surface area contributed by atoms with Crippen LogP contribution in [0, 0.1) is 0 Å². The molecule has 1 amide bonds. The maximum atomic E-state index is 13.1. The molecule has 0 spiro atoms. The Morgan fingerprint density at radius 2 is 1.10 bits per heavy atom. The van der Waals surface area contributed by atoms with Crippen molar-refractivity contribution in [1.29, 1.82) is 0 Å². The lowest BCUT2D eigenvalue weighted by Gasteiger charge is -2.36. The lowest BCUT2D eigenvalue weighted by Crippen LogP contribution is -2.56. The van der Waals surface area contributed by atoms with Gasteiger partial charge in [-0.1, -0.05) is 12.8 Å². The number of rotatable bonds is 20. The van der Waals surface area contributed by atoms with Crippen molar-refractivity contribution in [2.75, 3.05) is 32.7 Å². The second-order valence-corrected chi connectivity index (χ2v) is 8.14. The summed E-state index contributed by atoms with van der Waals surface area (Å²) in [6, 6.07) is 0. The molecule has 0 aromatic rings. The third-order valence-electron chi connectivity index (χ3n) is 5.52. The molecule has 0 radical (unpaired) electrons. The van der Waals surface area contributed by atoms with Crippen LogP contribution in [0.15, 0.2) is 0 Å². The number of unbranched alkanes of at least 4 members (excludes halogenated alkanes) is 3. The number of hydrogen-bond acceptors (Lipinski definition) is 10. The molecule has 0 aromatic heterocycles. The van der Waals surface area contributed by atoms with Gasteiger partial charge in [-0.15, -0.1) is 0 Å². The first-order valence-electron chi connectivity index (χ1n) is 11.7. The summed E-state index contributed by atoms with van der Waals surface area (Å²) >= 11 is 0. The molecule has 0 saturated carbocycles. The lowest BCUT2D eigenvalue weighted by atomic mass is 10.1. The molecule has 0 heterocycles. The Morgan fingerprint density at radius 3 is 1.61 bits per heavy atom. The number of carbonyl (C=O) groups is 1. The minimum absolute atomic E-state index is 0.0953. The maximum Gasteiger partial charge on any atom is 0.225 e. The zero-order chi connectivity index (χ0) is 23.6. The molecule has 0 aliphatic heterocycles. The van der Waals surface area contributed by atoms with Crippen molar-refractivity contribution in [2.24, 2.45) is 45.9 Å². The Kier molecular flexibility index (Phi) is 18.1. The maximum absolute atomic E-state index is 13.1. The summed E-state index contributed by atoms with van der Waals surface area (Å²) in [5.41, 5.74) is 47.7. The summed E-state index contributed by atoms with van der Waals surface area (Å²) < 4.78 is 0. The molecule has 11 heteroatoms. The molecule has 0 fully saturated rings. The molecule has 0 aromatic carbocycles. The summed E-state index contributed by atoms with van der Waals surface area (Å²) in [7, 11) is 0. The summed E-state index contributed by atoms with van der Waals surface area (Å²) in [5, 5.41) is 0. The van der Waals surface area contributed by atoms with Crippen LogP contribution in [0.25, 0.3) is 0 Å². The van der Waals surface area contributed by atoms with Gasteiger partial charge >= 0.3 is 0 Å². The van der Waals surface area contributed by atoms with Gasteiger partial charge in [0.25, 0.3) is 0 Å². The highest BCUT2D eigenvalue weighted by Crippen LogP contribution is 2.15. The number of nitrogens with zero attached hydrogens (tertiary/aromatic N) is 2. The van der Waals surface area contributed by atoms with Gasteiger partial charge in [-0.3, -0.25) is 9.69 Å². The van der Waals surface area contributed by atoms with Crippen molar-refractivity contribution in [3.05, 3.63) is 0 Å². The molecule has 16 N–H and O–H groups in total. The van der Waals surface area contributed by atoms with E-state index >= 15 is 0 Å². The standard InChI is InChI=1S/C20H50N10O/c21-11-4-1-2-6-18(27)30(19(28)7-3-5-12-22)20(31)9-8-16(25)29(15-14-24)17(26)10-13-23/h16-19H,1-15,21-28H2. The van der Waals surface area contributed by atoms with Crippen LogP contribution in [-0.4, -0.2) is 73.1 Å². The molecule has 31 heavy (non-hydrogen) atoms. The number of nitrogens with two attached hydrogens (primary N) is 8. The fraction of sp³-hybridized carbons (Fsp3) is 0.950. The van der Waals surface area contributed by atoms with Gasteiger partial charge in [-0.2, -0.15) is 0 Å². The predicted octanol–water partition coefficient (Wildman–Crippen LogP) is -2.01. The van der Waals surface area contributed by atoms with Gasteiger partial charge < -0.3 is 50.8 Å². The topological polar surface area (TPSA) is 232 Å². The van der Waals surface area contributed by atoms with Gasteiger partial charge in [0, 0.05) is 19.5 Å². The largest absolute Gasteiger partial charge is 0.330 e. The quantitative estimate of drug-likeness (QED) is 0.0755. The van der Waals surface area contributed by atoms with Crippen molar-refractivity contribution in [3.63, 3.8) is 0 Å². The summed E-state index contributed by atoms with van der Waals surface area (Å²) in [5.74, 6) is -0.0953. The van der Waals surface area contributed by atoms with Gasteiger partial charge in [0.05, 0.1) is 24.7 Å². The second kappa shape index (κ2) is 18.7. The monoisotopic (exact) mass is 446 g/mol. The molecular weight excluding hydrogens is 396 g/mol. The Morgan fingerprint density at radius 1 is 0.581 bits per heavy atom. The van der Waals surface area contributed by atoms with Crippen molar-refractivity contribution < 1.29 is 4.79 Å². The van der Waals surface area contributed by atoms with Crippen LogP contribution in [0.3, 0.4) is 0 Å². The van der Waals surface area contributed by atoms with E-state index in [0.29, 0.717) is 58.4 Å². The molecule has 4 unspecified atom stereocenters. The molecule has 186 valence electrons. The SMILES string of the molecule is NCCCCCC(N)N(C(=O)CCC(N)N(CCN)C(N)CCN)C(N)CCCCN. The van der Waals surface area contributed by atoms with Crippen molar-refractivity contribution in [3.8, 4) is 0 Å². The summed E-state index contributed by atoms with van der Waals surface area (Å²) in [4.78, 5) is 16.6. The Bertz CT molecular complexity index is 442. The minimum Gasteiger partial charge on any atom is -0.330 e. The van der Waals surface area contributed by atoms with Gasteiger partial charge in [0.2, 0.25) is 5.91 Å². The molecule has 11 nitrogen and oxygen atoms in total. The summed E-state index contributed by atoms with van der Waals surface area (Å²) in [6.07, 6.45) is 5.57. The Hall–Kier alpha value is -0.890. The van der Waals surface area contributed by atoms with Crippen LogP contribution in [0.4, 0.5) is 0 Å². The smallest absolute Gasteiger partial charge is 0.225 e. The first kappa shape index (κ1) is 30.1. The highest BCUT2D eigenvalue weighted by Gasteiger charge is 2.27. The Balaban J connectivity index is 5.01. The highest BCUT2D eigenvalue weighted by molar-refractivity contribution is 5.76. The molecule has 0 saturated heterocycles.